The predicted octanol–water partition coefficient (Wildman–Crippen LogP) is 1.69. The molecule has 1 aromatic rings. The van der Waals surface area contributed by atoms with Crippen molar-refractivity contribution in [2.75, 3.05) is 5.32 Å². The largest absolute Gasteiger partial charge is 0.491 e. The van der Waals surface area contributed by atoms with Crippen molar-refractivity contribution < 1.29 is 14.3 Å². The van der Waals surface area contributed by atoms with E-state index in [4.69, 9.17) is 4.74 Å². The van der Waals surface area contributed by atoms with Crippen LogP contribution >= 0.6 is 0 Å². The van der Waals surface area contributed by atoms with Crippen LogP contribution in [0, 0.1) is 0 Å². The van der Waals surface area contributed by atoms with E-state index in [1.165, 1.54) is 0 Å². The maximum absolute atomic E-state index is 11.9. The minimum Gasteiger partial charge on any atom is -0.491 e. The van der Waals surface area contributed by atoms with Crippen LogP contribution in [0.15, 0.2) is 24.3 Å². The number of hydrogen-bond donors (Lipinski definition) is 2. The van der Waals surface area contributed by atoms with Crippen LogP contribution in [0.4, 0.5) is 5.69 Å². The molecule has 2 N–H and O–H groups in total. The fourth-order valence-electron chi connectivity index (χ4n) is 1.93. The first-order chi connectivity index (χ1) is 9.04. The van der Waals surface area contributed by atoms with Crippen LogP contribution in [0.5, 0.6) is 5.75 Å². The molecule has 1 aliphatic rings. The van der Waals surface area contributed by atoms with Crippen molar-refractivity contribution >= 4 is 17.5 Å². The quantitative estimate of drug-likeness (QED) is 0.867. The molecule has 1 heterocycles. The number of nitrogens with one attached hydrogen (secondary N) is 2. The summed E-state index contributed by atoms with van der Waals surface area (Å²) in [6, 6.07) is 6.77. The number of ether oxygens (including phenoxy) is 1. The summed E-state index contributed by atoms with van der Waals surface area (Å²) in [7, 11) is 0. The van der Waals surface area contributed by atoms with Gasteiger partial charge >= 0.3 is 0 Å². The first kappa shape index (κ1) is 13.4. The van der Waals surface area contributed by atoms with E-state index in [9.17, 15) is 9.59 Å². The van der Waals surface area contributed by atoms with Gasteiger partial charge in [-0.1, -0.05) is 0 Å². The molecule has 1 atom stereocenters. The summed E-state index contributed by atoms with van der Waals surface area (Å²) in [6.07, 6.45) is 1.09. The summed E-state index contributed by atoms with van der Waals surface area (Å²) < 4.78 is 5.52. The number of hydrogen-bond acceptors (Lipinski definition) is 3. The number of benzene rings is 1. The standard InChI is InChI=1S/C14H18N2O3/c1-9(2)19-11-5-3-10(4-6-11)15-14(18)12-7-8-13(17)16-12/h3-6,9,12H,7-8H2,1-2H3,(H,15,18)(H,16,17). The summed E-state index contributed by atoms with van der Waals surface area (Å²) in [4.78, 5) is 22.9. The lowest BCUT2D eigenvalue weighted by Crippen LogP contribution is -2.37. The molecule has 1 unspecified atom stereocenters. The molecule has 1 saturated heterocycles. The minimum atomic E-state index is -0.418. The van der Waals surface area contributed by atoms with Crippen LogP contribution in [0.2, 0.25) is 0 Å². The zero-order valence-electron chi connectivity index (χ0n) is 11.1. The number of carbonyl (C=O) groups excluding carboxylic acids is 2. The Morgan fingerprint density at radius 3 is 2.58 bits per heavy atom. The summed E-state index contributed by atoms with van der Waals surface area (Å²) >= 11 is 0. The van der Waals surface area contributed by atoms with E-state index >= 15 is 0 Å². The van der Waals surface area contributed by atoms with Gasteiger partial charge in [0.1, 0.15) is 11.8 Å². The van der Waals surface area contributed by atoms with Gasteiger partial charge in [-0.3, -0.25) is 9.59 Å². The van der Waals surface area contributed by atoms with E-state index in [2.05, 4.69) is 10.6 Å². The van der Waals surface area contributed by atoms with E-state index < -0.39 is 6.04 Å². The summed E-state index contributed by atoms with van der Waals surface area (Å²) in [5.74, 6) is 0.520. The first-order valence-electron chi connectivity index (χ1n) is 6.41. The average Bonchev–Trinajstić information content (AvgIpc) is 2.78. The highest BCUT2D eigenvalue weighted by atomic mass is 16.5. The molecular formula is C14H18N2O3. The second-order valence-corrected chi connectivity index (χ2v) is 4.84. The zero-order valence-corrected chi connectivity index (χ0v) is 11.1. The Labute approximate surface area is 112 Å². The van der Waals surface area contributed by atoms with E-state index in [1.807, 2.05) is 26.0 Å². The Bertz CT molecular complexity index is 468. The molecule has 1 fully saturated rings. The van der Waals surface area contributed by atoms with Crippen molar-refractivity contribution in [2.45, 2.75) is 38.8 Å². The fourth-order valence-corrected chi connectivity index (χ4v) is 1.93. The molecule has 0 saturated carbocycles. The number of amides is 2. The Morgan fingerprint density at radius 1 is 1.37 bits per heavy atom. The molecule has 5 nitrogen and oxygen atoms in total. The van der Waals surface area contributed by atoms with E-state index in [0.29, 0.717) is 18.5 Å². The predicted molar refractivity (Wildman–Crippen MR) is 72.0 cm³/mol. The average molecular weight is 262 g/mol. The molecule has 0 bridgehead atoms. The van der Waals surface area contributed by atoms with Gasteiger partial charge < -0.3 is 15.4 Å². The van der Waals surface area contributed by atoms with Gasteiger partial charge in [-0.05, 0) is 44.5 Å². The van der Waals surface area contributed by atoms with Gasteiger partial charge in [-0.2, -0.15) is 0 Å². The van der Waals surface area contributed by atoms with Crippen molar-refractivity contribution in [2.24, 2.45) is 0 Å². The van der Waals surface area contributed by atoms with Crippen molar-refractivity contribution in [3.8, 4) is 5.75 Å². The van der Waals surface area contributed by atoms with E-state index in [0.717, 1.165) is 5.75 Å². The Hall–Kier alpha value is -2.04. The molecule has 0 spiro atoms. The van der Waals surface area contributed by atoms with E-state index in [-0.39, 0.29) is 17.9 Å². The lowest BCUT2D eigenvalue weighted by Gasteiger charge is -2.12. The Morgan fingerprint density at radius 2 is 2.05 bits per heavy atom. The lowest BCUT2D eigenvalue weighted by atomic mass is 10.2. The molecular weight excluding hydrogens is 244 g/mol. The van der Waals surface area contributed by atoms with Crippen LogP contribution < -0.4 is 15.4 Å². The van der Waals surface area contributed by atoms with Crippen LogP contribution in [0.25, 0.3) is 0 Å². The third kappa shape index (κ3) is 3.71. The third-order valence-electron chi connectivity index (χ3n) is 2.81. The summed E-state index contributed by atoms with van der Waals surface area (Å²) in [5.41, 5.74) is 0.697. The molecule has 2 rings (SSSR count). The van der Waals surface area contributed by atoms with Crippen molar-refractivity contribution in [3.63, 3.8) is 0 Å². The monoisotopic (exact) mass is 262 g/mol. The molecule has 1 aromatic carbocycles. The Balaban J connectivity index is 1.92. The van der Waals surface area contributed by atoms with Crippen LogP contribution in [0.1, 0.15) is 26.7 Å². The van der Waals surface area contributed by atoms with Gasteiger partial charge in [0.2, 0.25) is 11.8 Å². The SMILES string of the molecule is CC(C)Oc1ccc(NC(=O)C2CCC(=O)N2)cc1. The van der Waals surface area contributed by atoms with Gasteiger partial charge in [0, 0.05) is 12.1 Å². The highest BCUT2D eigenvalue weighted by Gasteiger charge is 2.26. The highest BCUT2D eigenvalue weighted by molar-refractivity contribution is 5.98. The van der Waals surface area contributed by atoms with Crippen LogP contribution in [0.3, 0.4) is 0 Å². The first-order valence-corrected chi connectivity index (χ1v) is 6.41. The fraction of sp³-hybridized carbons (Fsp3) is 0.429. The van der Waals surface area contributed by atoms with E-state index in [1.54, 1.807) is 12.1 Å². The molecule has 2 amide bonds. The second-order valence-electron chi connectivity index (χ2n) is 4.84. The van der Waals surface area contributed by atoms with Gasteiger partial charge in [0.25, 0.3) is 0 Å². The normalized spacial score (nSPS) is 18.3. The lowest BCUT2D eigenvalue weighted by molar-refractivity contribution is -0.122. The van der Waals surface area contributed by atoms with Gasteiger partial charge in [-0.15, -0.1) is 0 Å². The maximum Gasteiger partial charge on any atom is 0.246 e. The van der Waals surface area contributed by atoms with Crippen molar-refractivity contribution in [1.82, 2.24) is 5.32 Å². The molecule has 0 aliphatic carbocycles. The van der Waals surface area contributed by atoms with Crippen LogP contribution in [-0.2, 0) is 9.59 Å². The Kier molecular flexibility index (Phi) is 4.04. The number of anilines is 1. The minimum absolute atomic E-state index is 0.0687. The second kappa shape index (κ2) is 5.73. The molecule has 19 heavy (non-hydrogen) atoms. The zero-order chi connectivity index (χ0) is 13.8. The van der Waals surface area contributed by atoms with Gasteiger partial charge in [0.15, 0.2) is 0 Å². The third-order valence-corrected chi connectivity index (χ3v) is 2.81. The van der Waals surface area contributed by atoms with Gasteiger partial charge in [0.05, 0.1) is 6.10 Å². The summed E-state index contributed by atoms with van der Waals surface area (Å²) in [6.45, 7) is 3.91. The molecule has 5 heteroatoms. The van der Waals surface area contributed by atoms with Crippen LogP contribution in [-0.4, -0.2) is 24.0 Å². The number of rotatable bonds is 4. The topological polar surface area (TPSA) is 67.4 Å². The highest BCUT2D eigenvalue weighted by Crippen LogP contribution is 2.18. The van der Waals surface area contributed by atoms with Gasteiger partial charge in [-0.25, -0.2) is 0 Å². The molecule has 0 aromatic heterocycles. The smallest absolute Gasteiger partial charge is 0.246 e. The van der Waals surface area contributed by atoms with Crippen molar-refractivity contribution in [1.29, 1.82) is 0 Å². The maximum atomic E-state index is 11.9. The summed E-state index contributed by atoms with van der Waals surface area (Å²) in [5, 5.41) is 5.41. The number of carbonyl (C=O) groups is 2. The molecule has 102 valence electrons. The molecule has 0 radical (unpaired) electrons. The van der Waals surface area contributed by atoms with Crippen molar-refractivity contribution in [3.05, 3.63) is 24.3 Å². The molecule has 1 aliphatic heterocycles.